The maximum atomic E-state index is 13.2. The Morgan fingerprint density at radius 3 is 2.48 bits per heavy atom. The summed E-state index contributed by atoms with van der Waals surface area (Å²) >= 11 is 11.9. The lowest BCUT2D eigenvalue weighted by Crippen LogP contribution is -2.31. The highest BCUT2D eigenvalue weighted by Gasteiger charge is 2.21. The number of imidazole rings is 1. The van der Waals surface area contributed by atoms with Crippen molar-refractivity contribution < 1.29 is 9.18 Å². The molecule has 128 valence electrons. The number of benzene rings is 2. The van der Waals surface area contributed by atoms with Gasteiger partial charge in [-0.1, -0.05) is 35.3 Å². The molecular formula is C18H14Cl2FN3O. The predicted molar refractivity (Wildman–Crippen MR) is 95.4 cm³/mol. The van der Waals surface area contributed by atoms with Gasteiger partial charge in [-0.25, -0.2) is 9.37 Å². The molecule has 0 saturated heterocycles. The fourth-order valence-corrected chi connectivity index (χ4v) is 2.76. The van der Waals surface area contributed by atoms with E-state index < -0.39 is 6.04 Å². The molecule has 1 amide bonds. The molecule has 1 atom stereocenters. The quantitative estimate of drug-likeness (QED) is 0.732. The molecule has 3 rings (SSSR count). The van der Waals surface area contributed by atoms with E-state index in [2.05, 4.69) is 10.3 Å². The van der Waals surface area contributed by atoms with Gasteiger partial charge < -0.3 is 9.88 Å². The molecule has 25 heavy (non-hydrogen) atoms. The van der Waals surface area contributed by atoms with Crippen molar-refractivity contribution in [1.82, 2.24) is 14.9 Å². The van der Waals surface area contributed by atoms with Crippen LogP contribution in [0.4, 0.5) is 4.39 Å². The van der Waals surface area contributed by atoms with Crippen LogP contribution >= 0.6 is 23.2 Å². The van der Waals surface area contributed by atoms with Gasteiger partial charge in [-0.15, -0.1) is 0 Å². The van der Waals surface area contributed by atoms with Crippen molar-refractivity contribution in [2.45, 2.75) is 6.04 Å². The second-order valence-corrected chi connectivity index (χ2v) is 6.30. The van der Waals surface area contributed by atoms with Crippen molar-refractivity contribution in [2.75, 3.05) is 0 Å². The van der Waals surface area contributed by atoms with Crippen LogP contribution in [0.3, 0.4) is 0 Å². The molecule has 1 unspecified atom stereocenters. The first-order valence-corrected chi connectivity index (χ1v) is 8.20. The van der Waals surface area contributed by atoms with Crippen molar-refractivity contribution >= 4 is 29.1 Å². The largest absolute Gasteiger partial charge is 0.338 e. The van der Waals surface area contributed by atoms with Crippen LogP contribution in [-0.2, 0) is 7.05 Å². The molecule has 1 N–H and O–H groups in total. The van der Waals surface area contributed by atoms with Gasteiger partial charge in [0, 0.05) is 25.0 Å². The minimum atomic E-state index is -0.539. The molecule has 0 saturated carbocycles. The van der Waals surface area contributed by atoms with Crippen LogP contribution < -0.4 is 5.32 Å². The molecule has 0 aliphatic rings. The van der Waals surface area contributed by atoms with Crippen molar-refractivity contribution in [2.24, 2.45) is 7.05 Å². The molecule has 0 spiro atoms. The third kappa shape index (κ3) is 3.83. The maximum absolute atomic E-state index is 13.2. The summed E-state index contributed by atoms with van der Waals surface area (Å²) in [7, 11) is 1.82. The molecule has 0 aliphatic heterocycles. The van der Waals surface area contributed by atoms with E-state index in [0.29, 0.717) is 27.0 Å². The monoisotopic (exact) mass is 377 g/mol. The summed E-state index contributed by atoms with van der Waals surface area (Å²) < 4.78 is 15.0. The Morgan fingerprint density at radius 1 is 1.16 bits per heavy atom. The molecule has 1 heterocycles. The Labute approximate surface area is 154 Å². The van der Waals surface area contributed by atoms with Crippen LogP contribution in [0, 0.1) is 5.82 Å². The van der Waals surface area contributed by atoms with Crippen molar-refractivity contribution in [1.29, 1.82) is 0 Å². The summed E-state index contributed by atoms with van der Waals surface area (Å²) in [5, 5.41) is 3.58. The maximum Gasteiger partial charge on any atom is 0.252 e. The van der Waals surface area contributed by atoms with E-state index >= 15 is 0 Å². The lowest BCUT2D eigenvalue weighted by molar-refractivity contribution is 0.0941. The highest BCUT2D eigenvalue weighted by Crippen LogP contribution is 2.25. The number of hydrogen-bond donors (Lipinski definition) is 1. The summed E-state index contributed by atoms with van der Waals surface area (Å²) in [5.74, 6) is -0.0611. The van der Waals surface area contributed by atoms with Crippen molar-refractivity contribution in [3.05, 3.63) is 87.7 Å². The van der Waals surface area contributed by atoms with Crippen molar-refractivity contribution in [3.8, 4) is 0 Å². The van der Waals surface area contributed by atoms with Crippen LogP contribution in [0.5, 0.6) is 0 Å². The highest BCUT2D eigenvalue weighted by atomic mass is 35.5. The Morgan fingerprint density at radius 2 is 1.88 bits per heavy atom. The van der Waals surface area contributed by atoms with Gasteiger partial charge in [0.1, 0.15) is 17.7 Å². The van der Waals surface area contributed by atoms with E-state index in [-0.39, 0.29) is 11.7 Å². The minimum absolute atomic E-state index is 0.296. The molecule has 4 nitrogen and oxygen atoms in total. The summed E-state index contributed by atoms with van der Waals surface area (Å²) in [6.45, 7) is 0. The van der Waals surface area contributed by atoms with E-state index in [4.69, 9.17) is 23.2 Å². The smallest absolute Gasteiger partial charge is 0.252 e. The van der Waals surface area contributed by atoms with Crippen molar-refractivity contribution in [3.63, 3.8) is 0 Å². The lowest BCUT2D eigenvalue weighted by Gasteiger charge is -2.19. The number of carbonyl (C=O) groups excluding carboxylic acids is 1. The first-order valence-electron chi connectivity index (χ1n) is 7.44. The fourth-order valence-electron chi connectivity index (χ4n) is 2.46. The zero-order valence-electron chi connectivity index (χ0n) is 13.2. The van der Waals surface area contributed by atoms with E-state index in [0.717, 1.165) is 0 Å². The second-order valence-electron chi connectivity index (χ2n) is 5.48. The van der Waals surface area contributed by atoms with Gasteiger partial charge in [0.25, 0.3) is 5.91 Å². The number of nitrogens with one attached hydrogen (secondary N) is 1. The van der Waals surface area contributed by atoms with Crippen LogP contribution in [0.2, 0.25) is 10.0 Å². The van der Waals surface area contributed by atoms with Gasteiger partial charge in [-0.2, -0.15) is 0 Å². The molecule has 7 heteroatoms. The average molecular weight is 378 g/mol. The van der Waals surface area contributed by atoms with Crippen LogP contribution in [0.1, 0.15) is 27.8 Å². The van der Waals surface area contributed by atoms with Crippen LogP contribution in [0.15, 0.2) is 54.9 Å². The van der Waals surface area contributed by atoms with Gasteiger partial charge in [0.2, 0.25) is 0 Å². The molecule has 0 fully saturated rings. The standard InChI is InChI=1S/C18H14Cl2FN3O/c1-24-9-8-22-17(24)16(11-2-5-13(21)6-3-11)23-18(25)12-4-7-14(19)15(20)10-12/h2-10,16H,1H3,(H,23,25). The summed E-state index contributed by atoms with van der Waals surface area (Å²) in [4.78, 5) is 16.9. The van der Waals surface area contributed by atoms with Gasteiger partial charge in [-0.05, 0) is 35.9 Å². The Hall–Kier alpha value is -2.37. The van der Waals surface area contributed by atoms with Gasteiger partial charge in [0.15, 0.2) is 0 Å². The van der Waals surface area contributed by atoms with E-state index in [1.807, 2.05) is 7.05 Å². The Kier molecular flexibility index (Phi) is 5.06. The number of aryl methyl sites for hydroxylation is 1. The second kappa shape index (κ2) is 7.25. The highest BCUT2D eigenvalue weighted by molar-refractivity contribution is 6.42. The molecule has 3 aromatic rings. The molecular weight excluding hydrogens is 364 g/mol. The number of aromatic nitrogens is 2. The third-order valence-corrected chi connectivity index (χ3v) is 4.52. The number of carbonyl (C=O) groups is 1. The minimum Gasteiger partial charge on any atom is -0.338 e. The summed E-state index contributed by atoms with van der Waals surface area (Å²) in [5.41, 5.74) is 1.08. The number of halogens is 3. The lowest BCUT2D eigenvalue weighted by atomic mass is 10.1. The van der Waals surface area contributed by atoms with Crippen LogP contribution in [0.25, 0.3) is 0 Å². The number of nitrogens with zero attached hydrogens (tertiary/aromatic N) is 2. The number of amides is 1. The van der Waals surface area contributed by atoms with E-state index in [9.17, 15) is 9.18 Å². The molecule has 1 aromatic heterocycles. The van der Waals surface area contributed by atoms with Gasteiger partial charge in [0.05, 0.1) is 10.0 Å². The first kappa shape index (κ1) is 17.5. The summed E-state index contributed by atoms with van der Waals surface area (Å²) in [6.07, 6.45) is 3.41. The molecule has 0 aliphatic carbocycles. The fraction of sp³-hybridized carbons (Fsp3) is 0.111. The van der Waals surface area contributed by atoms with E-state index in [1.54, 1.807) is 41.2 Å². The normalized spacial score (nSPS) is 12.0. The first-order chi connectivity index (χ1) is 12.0. The Bertz CT molecular complexity index is 909. The zero-order chi connectivity index (χ0) is 18.0. The molecule has 2 aromatic carbocycles. The van der Waals surface area contributed by atoms with Gasteiger partial charge >= 0.3 is 0 Å². The average Bonchev–Trinajstić information content (AvgIpc) is 3.01. The predicted octanol–water partition coefficient (Wildman–Crippen LogP) is 4.39. The van der Waals surface area contributed by atoms with E-state index in [1.165, 1.54) is 18.2 Å². The number of rotatable bonds is 4. The topological polar surface area (TPSA) is 46.9 Å². The molecule has 0 bridgehead atoms. The SMILES string of the molecule is Cn1ccnc1C(NC(=O)c1ccc(Cl)c(Cl)c1)c1ccc(F)cc1. The van der Waals surface area contributed by atoms with Crippen LogP contribution in [-0.4, -0.2) is 15.5 Å². The third-order valence-electron chi connectivity index (χ3n) is 3.78. The number of hydrogen-bond acceptors (Lipinski definition) is 2. The Balaban J connectivity index is 1.94. The zero-order valence-corrected chi connectivity index (χ0v) is 14.7. The molecule has 0 radical (unpaired) electrons. The summed E-state index contributed by atoms with van der Waals surface area (Å²) in [6, 6.07) is 10.0. The van der Waals surface area contributed by atoms with Gasteiger partial charge in [-0.3, -0.25) is 4.79 Å².